The molecule has 8 heteroatoms. The Kier molecular flexibility index (Phi) is 6.26. The highest BCUT2D eigenvalue weighted by molar-refractivity contribution is 7.18. The van der Waals surface area contributed by atoms with Gasteiger partial charge in [0.05, 0.1) is 0 Å². The summed E-state index contributed by atoms with van der Waals surface area (Å²) in [7, 11) is 0. The van der Waals surface area contributed by atoms with Crippen molar-refractivity contribution in [2.24, 2.45) is 0 Å². The molecular weight excluding hydrogens is 401 g/mol. The molecule has 6 nitrogen and oxygen atoms in total. The van der Waals surface area contributed by atoms with Gasteiger partial charge in [-0.25, -0.2) is 9.37 Å². The SMILES string of the molecule is CCNC1CCN(C2C=CC(Nc3nc(N)c(C(=O)c4cccc(F)c4)s3)=CC2)C1. The van der Waals surface area contributed by atoms with Gasteiger partial charge in [0.1, 0.15) is 16.5 Å². The molecule has 158 valence electrons. The maximum Gasteiger partial charge on any atom is 0.206 e. The number of aromatic nitrogens is 1. The highest BCUT2D eigenvalue weighted by Crippen LogP contribution is 2.29. The molecule has 1 aliphatic heterocycles. The molecule has 1 saturated heterocycles. The standard InChI is InChI=1S/C22H26FN5OS/c1-2-25-17-10-11-28(13-17)18-8-6-16(7-9-18)26-22-27-21(24)20(30-22)19(29)14-4-3-5-15(23)12-14/h3-8,12,17-18,25H,2,9-11,13,24H2,1H3,(H,26,27). The minimum absolute atomic E-state index is 0.154. The van der Waals surface area contributed by atoms with E-state index < -0.39 is 5.82 Å². The number of hydrogen-bond acceptors (Lipinski definition) is 7. The zero-order chi connectivity index (χ0) is 21.1. The van der Waals surface area contributed by atoms with E-state index in [2.05, 4.69) is 45.7 Å². The van der Waals surface area contributed by atoms with Gasteiger partial charge in [0.15, 0.2) is 5.13 Å². The summed E-state index contributed by atoms with van der Waals surface area (Å²) in [6.07, 6.45) is 8.53. The van der Waals surface area contributed by atoms with Gasteiger partial charge in [-0.2, -0.15) is 0 Å². The number of benzene rings is 1. The highest BCUT2D eigenvalue weighted by Gasteiger charge is 2.27. The number of anilines is 2. The number of hydrogen-bond donors (Lipinski definition) is 3. The summed E-state index contributed by atoms with van der Waals surface area (Å²) in [4.78, 5) is 19.7. The van der Waals surface area contributed by atoms with Gasteiger partial charge in [0.25, 0.3) is 0 Å². The van der Waals surface area contributed by atoms with Crippen molar-refractivity contribution >= 4 is 28.1 Å². The molecule has 1 aliphatic carbocycles. The number of carbonyl (C=O) groups excluding carboxylic acids is 1. The van der Waals surface area contributed by atoms with E-state index in [1.165, 1.54) is 36.0 Å². The minimum atomic E-state index is -0.455. The molecule has 0 spiro atoms. The maximum atomic E-state index is 13.4. The third-order valence-corrected chi connectivity index (χ3v) is 6.44. The minimum Gasteiger partial charge on any atom is -0.382 e. The number of thiazole rings is 1. The fourth-order valence-corrected chi connectivity index (χ4v) is 4.82. The third-order valence-electron chi connectivity index (χ3n) is 5.46. The second-order valence-corrected chi connectivity index (χ2v) is 8.56. The van der Waals surface area contributed by atoms with E-state index in [4.69, 9.17) is 5.73 Å². The fourth-order valence-electron chi connectivity index (χ4n) is 3.95. The quantitative estimate of drug-likeness (QED) is 0.588. The van der Waals surface area contributed by atoms with Crippen molar-refractivity contribution in [1.82, 2.24) is 15.2 Å². The first kappa shape index (κ1) is 20.7. The average Bonchev–Trinajstić information content (AvgIpc) is 3.35. The zero-order valence-electron chi connectivity index (χ0n) is 16.9. The number of carbonyl (C=O) groups is 1. The molecule has 2 unspecified atom stereocenters. The lowest BCUT2D eigenvalue weighted by Gasteiger charge is -2.26. The molecule has 1 aromatic carbocycles. The van der Waals surface area contributed by atoms with Gasteiger partial charge >= 0.3 is 0 Å². The van der Waals surface area contributed by atoms with Crippen LogP contribution in [0.5, 0.6) is 0 Å². The van der Waals surface area contributed by atoms with Crippen LogP contribution in [0.3, 0.4) is 0 Å². The second kappa shape index (κ2) is 9.07. The summed E-state index contributed by atoms with van der Waals surface area (Å²) in [5.74, 6) is -0.624. The fraction of sp³-hybridized carbons (Fsp3) is 0.364. The number of halogens is 1. The Labute approximate surface area is 179 Å². The summed E-state index contributed by atoms with van der Waals surface area (Å²) >= 11 is 1.18. The molecular formula is C22H26FN5OS. The van der Waals surface area contributed by atoms with Gasteiger partial charge in [-0.1, -0.05) is 42.5 Å². The first-order valence-corrected chi connectivity index (χ1v) is 11.0. The molecule has 2 aliphatic rings. The second-order valence-electron chi connectivity index (χ2n) is 7.56. The van der Waals surface area contributed by atoms with E-state index in [0.29, 0.717) is 22.1 Å². The van der Waals surface area contributed by atoms with E-state index in [1.807, 2.05) is 0 Å². The normalized spacial score (nSPS) is 21.6. The molecule has 2 heterocycles. The number of nitrogen functional groups attached to an aromatic ring is 1. The maximum absolute atomic E-state index is 13.4. The Morgan fingerprint density at radius 2 is 2.30 bits per heavy atom. The van der Waals surface area contributed by atoms with Gasteiger partial charge in [0.2, 0.25) is 5.78 Å². The van der Waals surface area contributed by atoms with E-state index in [9.17, 15) is 9.18 Å². The molecule has 1 aromatic heterocycles. The van der Waals surface area contributed by atoms with Gasteiger partial charge in [-0.15, -0.1) is 0 Å². The van der Waals surface area contributed by atoms with E-state index in [-0.39, 0.29) is 17.2 Å². The van der Waals surface area contributed by atoms with Crippen LogP contribution in [0, 0.1) is 5.82 Å². The Hall–Kier alpha value is -2.55. The number of nitrogens with two attached hydrogens (primary N) is 1. The van der Waals surface area contributed by atoms with E-state index in [0.717, 1.165) is 31.8 Å². The summed E-state index contributed by atoms with van der Waals surface area (Å²) in [5.41, 5.74) is 7.16. The number of likely N-dealkylation sites (N-methyl/N-ethyl adjacent to an activating group) is 1. The molecule has 0 radical (unpaired) electrons. The Bertz CT molecular complexity index is 986. The lowest BCUT2D eigenvalue weighted by Crippen LogP contribution is -2.37. The largest absolute Gasteiger partial charge is 0.382 e. The number of likely N-dealkylation sites (tertiary alicyclic amines) is 1. The van der Waals surface area contributed by atoms with Crippen LogP contribution in [-0.4, -0.2) is 47.4 Å². The molecule has 0 amide bonds. The van der Waals surface area contributed by atoms with Crippen LogP contribution in [0.25, 0.3) is 0 Å². The van der Waals surface area contributed by atoms with Crippen LogP contribution >= 0.6 is 11.3 Å². The molecule has 0 bridgehead atoms. The van der Waals surface area contributed by atoms with Crippen LogP contribution in [-0.2, 0) is 0 Å². The zero-order valence-corrected chi connectivity index (χ0v) is 17.7. The molecule has 1 fully saturated rings. The van der Waals surface area contributed by atoms with Crippen molar-refractivity contribution in [2.75, 3.05) is 30.7 Å². The average molecular weight is 428 g/mol. The monoisotopic (exact) mass is 427 g/mol. The van der Waals surface area contributed by atoms with Crippen LogP contribution in [0.2, 0.25) is 0 Å². The first-order valence-electron chi connectivity index (χ1n) is 10.2. The molecule has 0 saturated carbocycles. The topological polar surface area (TPSA) is 83.3 Å². The summed E-state index contributed by atoms with van der Waals surface area (Å²) < 4.78 is 13.4. The van der Waals surface area contributed by atoms with Gasteiger partial charge < -0.3 is 16.4 Å². The van der Waals surface area contributed by atoms with Crippen LogP contribution in [0.4, 0.5) is 15.3 Å². The molecule has 2 atom stereocenters. The Morgan fingerprint density at radius 1 is 1.43 bits per heavy atom. The van der Waals surface area contributed by atoms with Crippen LogP contribution in [0.15, 0.2) is 48.2 Å². The van der Waals surface area contributed by atoms with Crippen molar-refractivity contribution in [3.05, 3.63) is 64.4 Å². The molecule has 2 aromatic rings. The molecule has 30 heavy (non-hydrogen) atoms. The lowest BCUT2D eigenvalue weighted by atomic mass is 10.1. The number of rotatable bonds is 7. The molecule has 4 rings (SSSR count). The number of nitrogens with zero attached hydrogens (tertiary/aromatic N) is 2. The Morgan fingerprint density at radius 3 is 3.03 bits per heavy atom. The number of nitrogens with one attached hydrogen (secondary N) is 2. The van der Waals surface area contributed by atoms with Crippen molar-refractivity contribution in [1.29, 1.82) is 0 Å². The van der Waals surface area contributed by atoms with E-state index >= 15 is 0 Å². The predicted molar refractivity (Wildman–Crippen MR) is 119 cm³/mol. The summed E-state index contributed by atoms with van der Waals surface area (Å²) in [6, 6.07) is 6.58. The van der Waals surface area contributed by atoms with Crippen LogP contribution in [0.1, 0.15) is 35.0 Å². The Balaban J connectivity index is 1.38. The number of allylic oxidation sites excluding steroid dienone is 1. The van der Waals surface area contributed by atoms with Gasteiger partial charge in [0, 0.05) is 36.4 Å². The van der Waals surface area contributed by atoms with Crippen molar-refractivity contribution in [3.8, 4) is 0 Å². The lowest BCUT2D eigenvalue weighted by molar-refractivity contribution is 0.104. The first-order chi connectivity index (χ1) is 14.5. The van der Waals surface area contributed by atoms with Crippen LogP contribution < -0.4 is 16.4 Å². The van der Waals surface area contributed by atoms with E-state index in [1.54, 1.807) is 6.07 Å². The molecule has 4 N–H and O–H groups in total. The summed E-state index contributed by atoms with van der Waals surface area (Å²) in [5, 5.41) is 7.32. The smallest absolute Gasteiger partial charge is 0.206 e. The van der Waals surface area contributed by atoms with Crippen molar-refractivity contribution < 1.29 is 9.18 Å². The van der Waals surface area contributed by atoms with Crippen molar-refractivity contribution in [3.63, 3.8) is 0 Å². The highest BCUT2D eigenvalue weighted by atomic mass is 32.1. The van der Waals surface area contributed by atoms with Crippen molar-refractivity contribution in [2.45, 2.75) is 31.8 Å². The summed E-state index contributed by atoms with van der Waals surface area (Å²) in [6.45, 7) is 5.34. The van der Waals surface area contributed by atoms with Gasteiger partial charge in [-0.3, -0.25) is 9.69 Å². The predicted octanol–water partition coefficient (Wildman–Crippen LogP) is 3.40. The van der Waals surface area contributed by atoms with Gasteiger partial charge in [-0.05, 0) is 37.6 Å². The number of ketones is 1. The third kappa shape index (κ3) is 4.61.